The minimum Gasteiger partial charge on any atom is -0.0616 e. The molecule has 0 radical (unpaired) electrons. The van der Waals surface area contributed by atoms with Gasteiger partial charge in [-0.25, -0.2) is 0 Å². The van der Waals surface area contributed by atoms with Gasteiger partial charge in [0.05, 0.1) is 0 Å². The van der Waals surface area contributed by atoms with Crippen LogP contribution in [0.15, 0.2) is 146 Å². The van der Waals surface area contributed by atoms with Gasteiger partial charge in [-0.15, -0.1) is 0 Å². The number of fused-ring (bicyclic) bond motifs is 9. The number of hydrogen-bond donors (Lipinski definition) is 0. The van der Waals surface area contributed by atoms with Crippen molar-refractivity contribution >= 4 is 43.1 Å². The van der Waals surface area contributed by atoms with Crippen LogP contribution in [0.4, 0.5) is 0 Å². The highest BCUT2D eigenvalue weighted by atomic mass is 14.2. The number of benzene rings is 8. The van der Waals surface area contributed by atoms with Crippen LogP contribution >= 0.6 is 0 Å². The van der Waals surface area contributed by atoms with Crippen molar-refractivity contribution in [3.63, 3.8) is 0 Å². The largest absolute Gasteiger partial charge is 0.0616 e. The van der Waals surface area contributed by atoms with Crippen molar-refractivity contribution in [3.05, 3.63) is 146 Å². The molecule has 0 atom stereocenters. The Balaban J connectivity index is 1.23. The van der Waals surface area contributed by atoms with E-state index in [1.165, 1.54) is 87.6 Å². The third-order valence-electron chi connectivity index (χ3n) is 8.76. The summed E-state index contributed by atoms with van der Waals surface area (Å²) in [6.45, 7) is 0. The molecule has 0 amide bonds. The van der Waals surface area contributed by atoms with Gasteiger partial charge in [-0.1, -0.05) is 121 Å². The highest BCUT2D eigenvalue weighted by molar-refractivity contribution is 6.25. The maximum atomic E-state index is 2.39. The molecule has 0 unspecified atom stereocenters. The van der Waals surface area contributed by atoms with E-state index in [1.807, 2.05) is 0 Å². The first-order chi connectivity index (χ1) is 19.8. The minimum atomic E-state index is 1.24. The first kappa shape index (κ1) is 21.7. The third kappa shape index (κ3) is 3.02. The topological polar surface area (TPSA) is 0 Å². The van der Waals surface area contributed by atoms with Crippen molar-refractivity contribution in [3.8, 4) is 44.5 Å². The fraction of sp³-hybridized carbons (Fsp3) is 0. The van der Waals surface area contributed by atoms with Crippen LogP contribution in [0, 0.1) is 0 Å². The van der Waals surface area contributed by atoms with Gasteiger partial charge in [0, 0.05) is 0 Å². The fourth-order valence-corrected chi connectivity index (χ4v) is 6.95. The lowest BCUT2D eigenvalue weighted by molar-refractivity contribution is 1.62. The molecule has 0 saturated heterocycles. The quantitative estimate of drug-likeness (QED) is 0.205. The van der Waals surface area contributed by atoms with Crippen molar-refractivity contribution in [2.75, 3.05) is 0 Å². The van der Waals surface area contributed by atoms with Crippen molar-refractivity contribution in [2.24, 2.45) is 0 Å². The van der Waals surface area contributed by atoms with Crippen molar-refractivity contribution in [1.82, 2.24) is 0 Å². The van der Waals surface area contributed by atoms with Gasteiger partial charge in [0.25, 0.3) is 0 Å². The van der Waals surface area contributed by atoms with Gasteiger partial charge in [0.2, 0.25) is 0 Å². The van der Waals surface area contributed by atoms with Gasteiger partial charge < -0.3 is 0 Å². The van der Waals surface area contributed by atoms with Crippen LogP contribution in [0.1, 0.15) is 0 Å². The van der Waals surface area contributed by atoms with E-state index in [2.05, 4.69) is 146 Å². The van der Waals surface area contributed by atoms with Gasteiger partial charge in [-0.2, -0.15) is 0 Å². The summed E-state index contributed by atoms with van der Waals surface area (Å²) < 4.78 is 0. The van der Waals surface area contributed by atoms with Crippen LogP contribution in [0.3, 0.4) is 0 Å². The summed E-state index contributed by atoms with van der Waals surface area (Å²) in [6.07, 6.45) is 0. The maximum Gasteiger partial charge on any atom is -0.00259 e. The monoisotopic (exact) mass is 504 g/mol. The van der Waals surface area contributed by atoms with E-state index < -0.39 is 0 Å². The third-order valence-corrected chi connectivity index (χ3v) is 8.76. The molecule has 0 bridgehead atoms. The molecule has 0 saturated carbocycles. The highest BCUT2D eigenvalue weighted by Gasteiger charge is 2.21. The van der Waals surface area contributed by atoms with Gasteiger partial charge in [-0.05, 0) is 112 Å². The molecule has 8 aromatic carbocycles. The standard InChI is InChI=1S/C40H24/c1-2-14-32-30(12-1)31-13-3-5-16-34(31)38-23-27(19-20-36(32)38)25-9-7-10-26(21-25)29-22-28-11-8-18-37-33-15-4-6-17-35(33)39(24-29)40(28)37/h1-24H. The van der Waals surface area contributed by atoms with Crippen LogP contribution in [-0.4, -0.2) is 0 Å². The molecule has 8 aromatic rings. The lowest BCUT2D eigenvalue weighted by Crippen LogP contribution is -1.86. The van der Waals surface area contributed by atoms with E-state index in [-0.39, 0.29) is 0 Å². The molecule has 184 valence electrons. The molecule has 0 nitrogen and oxygen atoms in total. The first-order valence-electron chi connectivity index (χ1n) is 13.9. The molecule has 1 aliphatic carbocycles. The van der Waals surface area contributed by atoms with Crippen LogP contribution in [0.5, 0.6) is 0 Å². The van der Waals surface area contributed by atoms with Crippen molar-refractivity contribution in [1.29, 1.82) is 0 Å². The molecular formula is C40H24. The van der Waals surface area contributed by atoms with Gasteiger partial charge >= 0.3 is 0 Å². The smallest absolute Gasteiger partial charge is 0.00259 e. The van der Waals surface area contributed by atoms with E-state index in [0.29, 0.717) is 0 Å². The first-order valence-corrected chi connectivity index (χ1v) is 13.9. The predicted octanol–water partition coefficient (Wildman–Crippen LogP) is 11.3. The second kappa shape index (κ2) is 8.15. The SMILES string of the molecule is c1cc(-c2cc3c4c(cccc4c2)-c2ccccc2-3)cc(-c2ccc3c4ccccc4c4ccccc4c3c2)c1. The Morgan fingerprint density at radius 3 is 1.50 bits per heavy atom. The summed E-state index contributed by atoms with van der Waals surface area (Å²) in [6, 6.07) is 53.8. The van der Waals surface area contributed by atoms with Crippen molar-refractivity contribution < 1.29 is 0 Å². The molecule has 1 aliphatic rings. The van der Waals surface area contributed by atoms with Crippen LogP contribution in [0.25, 0.3) is 87.6 Å². The van der Waals surface area contributed by atoms with E-state index >= 15 is 0 Å². The summed E-state index contributed by atoms with van der Waals surface area (Å²) in [5.74, 6) is 0. The summed E-state index contributed by atoms with van der Waals surface area (Å²) in [5.41, 5.74) is 10.3. The normalized spacial score (nSPS) is 12.0. The zero-order chi connectivity index (χ0) is 26.2. The predicted molar refractivity (Wildman–Crippen MR) is 172 cm³/mol. The minimum absolute atomic E-state index is 1.24. The van der Waals surface area contributed by atoms with Gasteiger partial charge in [0.15, 0.2) is 0 Å². The summed E-state index contributed by atoms with van der Waals surface area (Å²) in [4.78, 5) is 0. The summed E-state index contributed by atoms with van der Waals surface area (Å²) in [5, 5.41) is 10.5. The van der Waals surface area contributed by atoms with E-state index in [4.69, 9.17) is 0 Å². The molecular weight excluding hydrogens is 480 g/mol. The Morgan fingerprint density at radius 2 is 0.775 bits per heavy atom. The molecule has 0 aliphatic heterocycles. The Hall–Kier alpha value is -5.20. The Morgan fingerprint density at radius 1 is 0.250 bits per heavy atom. The average Bonchev–Trinajstić information content (AvgIpc) is 3.36. The summed E-state index contributed by atoms with van der Waals surface area (Å²) >= 11 is 0. The molecule has 0 aromatic heterocycles. The van der Waals surface area contributed by atoms with Crippen LogP contribution in [-0.2, 0) is 0 Å². The second-order valence-corrected chi connectivity index (χ2v) is 10.9. The molecule has 40 heavy (non-hydrogen) atoms. The van der Waals surface area contributed by atoms with Crippen LogP contribution in [0.2, 0.25) is 0 Å². The second-order valence-electron chi connectivity index (χ2n) is 10.9. The van der Waals surface area contributed by atoms with Gasteiger partial charge in [-0.3, -0.25) is 0 Å². The Bertz CT molecular complexity index is 2280. The van der Waals surface area contributed by atoms with E-state index in [1.54, 1.807) is 0 Å². The molecule has 0 heteroatoms. The Kier molecular flexibility index (Phi) is 4.42. The molecule has 0 N–H and O–H groups in total. The zero-order valence-electron chi connectivity index (χ0n) is 21.9. The molecule has 9 rings (SSSR count). The fourth-order valence-electron chi connectivity index (χ4n) is 6.95. The molecule has 0 spiro atoms. The maximum absolute atomic E-state index is 2.39. The van der Waals surface area contributed by atoms with Gasteiger partial charge in [0.1, 0.15) is 0 Å². The number of hydrogen-bond acceptors (Lipinski definition) is 0. The average molecular weight is 505 g/mol. The zero-order valence-corrected chi connectivity index (χ0v) is 21.9. The lowest BCUT2D eigenvalue weighted by atomic mass is 9.91. The Labute approximate surface area is 232 Å². The van der Waals surface area contributed by atoms with Crippen LogP contribution < -0.4 is 0 Å². The molecule has 0 heterocycles. The summed E-state index contributed by atoms with van der Waals surface area (Å²) in [7, 11) is 0. The van der Waals surface area contributed by atoms with E-state index in [9.17, 15) is 0 Å². The van der Waals surface area contributed by atoms with Crippen molar-refractivity contribution in [2.45, 2.75) is 0 Å². The number of rotatable bonds is 2. The van der Waals surface area contributed by atoms with E-state index in [0.717, 1.165) is 0 Å². The molecule has 0 fully saturated rings. The highest BCUT2D eigenvalue weighted by Crippen LogP contribution is 2.48. The lowest BCUT2D eigenvalue weighted by Gasteiger charge is -2.13.